The average Bonchev–Trinajstić information content (AvgIpc) is 3.04. The summed E-state index contributed by atoms with van der Waals surface area (Å²) in [5.74, 6) is -0.231. The fourth-order valence-corrected chi connectivity index (χ4v) is 4.19. The van der Waals surface area contributed by atoms with Gasteiger partial charge >= 0.3 is 0 Å². The monoisotopic (exact) mass is 378 g/mol. The lowest BCUT2D eigenvalue weighted by Crippen LogP contribution is -2.33. The minimum absolute atomic E-state index is 0.214. The molecule has 136 valence electrons. The molecular formula is C20H18N4O2S. The first kappa shape index (κ1) is 17.4. The lowest BCUT2D eigenvalue weighted by Gasteiger charge is -2.17. The van der Waals surface area contributed by atoms with Crippen LogP contribution in [0.25, 0.3) is 20.4 Å². The topological polar surface area (TPSA) is 76.9 Å². The quantitative estimate of drug-likeness (QED) is 0.584. The van der Waals surface area contributed by atoms with Crippen LogP contribution in [0.5, 0.6) is 0 Å². The number of aryl methyl sites for hydroxylation is 1. The zero-order chi connectivity index (χ0) is 19.0. The first-order valence-electron chi connectivity index (χ1n) is 8.70. The third-order valence-corrected chi connectivity index (χ3v) is 5.58. The van der Waals surface area contributed by atoms with Gasteiger partial charge < -0.3 is 5.32 Å². The van der Waals surface area contributed by atoms with Gasteiger partial charge in [0.25, 0.3) is 5.56 Å². The highest BCUT2D eigenvalue weighted by Gasteiger charge is 2.22. The third-order valence-electron chi connectivity index (χ3n) is 4.49. The lowest BCUT2D eigenvalue weighted by molar-refractivity contribution is -0.119. The number of anilines is 1. The molecule has 4 rings (SSSR count). The molecule has 0 radical (unpaired) electrons. The molecule has 1 amide bonds. The summed E-state index contributed by atoms with van der Waals surface area (Å²) < 4.78 is 1.94. The molecule has 0 bridgehead atoms. The molecule has 0 unspecified atom stereocenters. The highest BCUT2D eigenvalue weighted by molar-refractivity contribution is 7.25. The van der Waals surface area contributed by atoms with Gasteiger partial charge in [-0.25, -0.2) is 9.97 Å². The number of benzene rings is 1. The van der Waals surface area contributed by atoms with Crippen LogP contribution in [0, 0.1) is 6.92 Å². The Balaban J connectivity index is 1.74. The first-order chi connectivity index (χ1) is 13.1. The molecule has 1 aromatic carbocycles. The highest BCUT2D eigenvalue weighted by Crippen LogP contribution is 2.28. The summed E-state index contributed by atoms with van der Waals surface area (Å²) in [6.07, 6.45) is 3.64. The molecule has 0 aliphatic heterocycles. The van der Waals surface area contributed by atoms with Gasteiger partial charge in [0, 0.05) is 17.3 Å². The number of amides is 1. The molecule has 0 fully saturated rings. The zero-order valence-electron chi connectivity index (χ0n) is 15.0. The predicted molar refractivity (Wildman–Crippen MR) is 108 cm³/mol. The van der Waals surface area contributed by atoms with E-state index in [1.807, 2.05) is 50.2 Å². The first-order valence-corrected chi connectivity index (χ1v) is 9.52. The summed E-state index contributed by atoms with van der Waals surface area (Å²) in [5.41, 5.74) is 2.19. The van der Waals surface area contributed by atoms with Gasteiger partial charge in [-0.15, -0.1) is 11.3 Å². The predicted octanol–water partition coefficient (Wildman–Crippen LogP) is 3.90. The van der Waals surface area contributed by atoms with Crippen molar-refractivity contribution < 1.29 is 4.79 Å². The van der Waals surface area contributed by atoms with Crippen molar-refractivity contribution in [2.45, 2.75) is 26.3 Å². The second-order valence-corrected chi connectivity index (χ2v) is 7.37. The number of fused-ring (bicyclic) bond motifs is 3. The van der Waals surface area contributed by atoms with Crippen LogP contribution in [0.1, 0.15) is 24.9 Å². The van der Waals surface area contributed by atoms with Crippen LogP contribution in [0.3, 0.4) is 0 Å². The molecule has 0 spiro atoms. The van der Waals surface area contributed by atoms with Gasteiger partial charge in [-0.05, 0) is 43.2 Å². The fraction of sp³-hybridized carbons (Fsp3) is 0.200. The van der Waals surface area contributed by atoms with E-state index >= 15 is 0 Å². The van der Waals surface area contributed by atoms with Crippen molar-refractivity contribution in [1.29, 1.82) is 0 Å². The molecule has 0 saturated carbocycles. The summed E-state index contributed by atoms with van der Waals surface area (Å²) >= 11 is 1.31. The Morgan fingerprint density at radius 2 is 2.11 bits per heavy atom. The van der Waals surface area contributed by atoms with Gasteiger partial charge in [0.2, 0.25) is 5.91 Å². The minimum Gasteiger partial charge on any atom is -0.324 e. The highest BCUT2D eigenvalue weighted by atomic mass is 32.1. The largest absolute Gasteiger partial charge is 0.324 e. The number of carbonyl (C=O) groups is 1. The molecule has 0 saturated heterocycles. The average molecular weight is 378 g/mol. The van der Waals surface area contributed by atoms with Gasteiger partial charge in [-0.3, -0.25) is 14.2 Å². The van der Waals surface area contributed by atoms with E-state index in [9.17, 15) is 9.59 Å². The van der Waals surface area contributed by atoms with Crippen molar-refractivity contribution in [2.24, 2.45) is 0 Å². The summed E-state index contributed by atoms with van der Waals surface area (Å²) in [7, 11) is 0. The Labute approximate surface area is 159 Å². The fourth-order valence-electron chi connectivity index (χ4n) is 3.16. The molecule has 4 aromatic rings. The summed E-state index contributed by atoms with van der Waals surface area (Å²) in [4.78, 5) is 35.4. The van der Waals surface area contributed by atoms with Gasteiger partial charge in [0.15, 0.2) is 0 Å². The molecule has 0 aliphatic rings. The van der Waals surface area contributed by atoms with E-state index in [2.05, 4.69) is 15.3 Å². The number of nitrogens with zero attached hydrogens (tertiary/aromatic N) is 3. The van der Waals surface area contributed by atoms with E-state index in [1.54, 1.807) is 6.20 Å². The van der Waals surface area contributed by atoms with Crippen LogP contribution in [-0.4, -0.2) is 20.4 Å². The zero-order valence-corrected chi connectivity index (χ0v) is 15.8. The summed E-state index contributed by atoms with van der Waals surface area (Å²) in [5, 5.41) is 3.76. The Hall–Kier alpha value is -3.06. The Kier molecular flexibility index (Phi) is 4.45. The standard InChI is InChI=1S/C20H18N4O2S/c1-3-15(18(25)23-13-7-4-6-12(2)10-13)24-11-22-16-14-8-5-9-21-19(14)27-17(16)20(24)26/h4-11,15H,3H2,1-2H3,(H,23,25)/t15-/m0/s1. The van der Waals surface area contributed by atoms with E-state index in [1.165, 1.54) is 22.2 Å². The van der Waals surface area contributed by atoms with Crippen molar-refractivity contribution in [3.8, 4) is 0 Å². The number of carbonyl (C=O) groups excluding carboxylic acids is 1. The smallest absolute Gasteiger partial charge is 0.272 e. The lowest BCUT2D eigenvalue weighted by atomic mass is 10.1. The second-order valence-electron chi connectivity index (χ2n) is 6.38. The van der Waals surface area contributed by atoms with Crippen molar-refractivity contribution in [1.82, 2.24) is 14.5 Å². The van der Waals surface area contributed by atoms with Crippen LogP contribution >= 0.6 is 11.3 Å². The molecule has 3 heterocycles. The van der Waals surface area contributed by atoms with Crippen molar-refractivity contribution in [3.63, 3.8) is 0 Å². The second kappa shape index (κ2) is 6.92. The SMILES string of the molecule is CC[C@@H](C(=O)Nc1cccc(C)c1)n1cnc2c(sc3ncccc32)c1=O. The van der Waals surface area contributed by atoms with Crippen LogP contribution in [-0.2, 0) is 4.79 Å². The molecule has 27 heavy (non-hydrogen) atoms. The number of rotatable bonds is 4. The molecular weight excluding hydrogens is 360 g/mol. The summed E-state index contributed by atoms with van der Waals surface area (Å²) in [6.45, 7) is 3.84. The number of hydrogen-bond donors (Lipinski definition) is 1. The third kappa shape index (κ3) is 3.10. The molecule has 1 atom stereocenters. The van der Waals surface area contributed by atoms with Gasteiger partial charge in [0.05, 0.1) is 11.8 Å². The number of hydrogen-bond acceptors (Lipinski definition) is 5. The van der Waals surface area contributed by atoms with Crippen LogP contribution in [0.2, 0.25) is 0 Å². The van der Waals surface area contributed by atoms with Crippen molar-refractivity contribution in [3.05, 3.63) is 64.8 Å². The van der Waals surface area contributed by atoms with E-state index in [4.69, 9.17) is 0 Å². The number of nitrogens with one attached hydrogen (secondary N) is 1. The van der Waals surface area contributed by atoms with Crippen LogP contribution in [0.4, 0.5) is 5.69 Å². The maximum absolute atomic E-state index is 13.0. The van der Waals surface area contributed by atoms with Gasteiger partial charge in [0.1, 0.15) is 15.6 Å². The molecule has 0 aliphatic carbocycles. The van der Waals surface area contributed by atoms with Crippen molar-refractivity contribution >= 4 is 43.4 Å². The van der Waals surface area contributed by atoms with Crippen LogP contribution < -0.4 is 10.9 Å². The van der Waals surface area contributed by atoms with E-state index in [0.29, 0.717) is 22.3 Å². The Bertz CT molecular complexity index is 1210. The number of aromatic nitrogens is 3. The van der Waals surface area contributed by atoms with Gasteiger partial charge in [-0.1, -0.05) is 19.1 Å². The number of pyridine rings is 1. The molecule has 6 nitrogen and oxygen atoms in total. The maximum atomic E-state index is 13.0. The molecule has 3 aromatic heterocycles. The Morgan fingerprint density at radius 1 is 1.26 bits per heavy atom. The molecule has 7 heteroatoms. The van der Waals surface area contributed by atoms with E-state index in [-0.39, 0.29) is 11.5 Å². The van der Waals surface area contributed by atoms with Crippen LogP contribution in [0.15, 0.2) is 53.7 Å². The maximum Gasteiger partial charge on any atom is 0.272 e. The van der Waals surface area contributed by atoms with E-state index < -0.39 is 6.04 Å². The number of thiophene rings is 1. The summed E-state index contributed by atoms with van der Waals surface area (Å²) in [6, 6.07) is 10.7. The van der Waals surface area contributed by atoms with Gasteiger partial charge in [-0.2, -0.15) is 0 Å². The molecule has 1 N–H and O–H groups in total. The Morgan fingerprint density at radius 3 is 2.89 bits per heavy atom. The van der Waals surface area contributed by atoms with E-state index in [0.717, 1.165) is 15.8 Å². The van der Waals surface area contributed by atoms with Crippen molar-refractivity contribution in [2.75, 3.05) is 5.32 Å². The minimum atomic E-state index is -0.631. The normalized spacial score (nSPS) is 12.4.